The first kappa shape index (κ1) is 17.0. The Bertz CT molecular complexity index is 453. The molecule has 3 N–H and O–H groups in total. The van der Waals surface area contributed by atoms with Gasteiger partial charge in [0.25, 0.3) is 0 Å². The lowest BCUT2D eigenvalue weighted by molar-refractivity contribution is -0.136. The van der Waals surface area contributed by atoms with Crippen molar-refractivity contribution < 1.29 is 19.8 Å². The van der Waals surface area contributed by atoms with E-state index in [0.717, 1.165) is 12.0 Å². The molecule has 0 radical (unpaired) electrons. The maximum absolute atomic E-state index is 12.0. The molecule has 0 bridgehead atoms. The molecule has 116 valence electrons. The smallest absolute Gasteiger partial charge is 0.321 e. The molecule has 6 heteroatoms. The second-order valence-electron chi connectivity index (χ2n) is 4.73. The summed E-state index contributed by atoms with van der Waals surface area (Å²) < 4.78 is 0. The van der Waals surface area contributed by atoms with Crippen LogP contribution in [0.25, 0.3) is 0 Å². The van der Waals surface area contributed by atoms with Gasteiger partial charge in [-0.1, -0.05) is 19.1 Å². The third kappa shape index (κ3) is 6.27. The number of aliphatic hydroxyl groups excluding tert-OH is 1. The summed E-state index contributed by atoms with van der Waals surface area (Å²) in [5.74, 6) is -0.827. The second kappa shape index (κ2) is 8.97. The van der Waals surface area contributed by atoms with Crippen LogP contribution in [0.1, 0.15) is 25.3 Å². The third-order valence-corrected chi connectivity index (χ3v) is 2.98. The lowest BCUT2D eigenvalue weighted by atomic mass is 10.1. The highest BCUT2D eigenvalue weighted by atomic mass is 16.4. The first-order valence-corrected chi connectivity index (χ1v) is 7.04. The molecule has 0 aliphatic rings. The zero-order valence-corrected chi connectivity index (χ0v) is 12.2. The molecule has 0 unspecified atom stereocenters. The Kier molecular flexibility index (Phi) is 7.25. The molecule has 0 aliphatic carbocycles. The predicted octanol–water partition coefficient (Wildman–Crippen LogP) is 1.94. The first-order valence-electron chi connectivity index (χ1n) is 7.04. The van der Waals surface area contributed by atoms with Crippen molar-refractivity contribution in [3.05, 3.63) is 29.8 Å². The number of urea groups is 1. The number of nitrogens with zero attached hydrogens (tertiary/aromatic N) is 1. The molecule has 0 aromatic heterocycles. The topological polar surface area (TPSA) is 89.9 Å². The zero-order chi connectivity index (χ0) is 15.7. The SMILES string of the molecule is CCCN(CCO)C(=O)Nc1ccc(CCC(=O)O)cc1. The van der Waals surface area contributed by atoms with Crippen molar-refractivity contribution in [3.63, 3.8) is 0 Å². The Morgan fingerprint density at radius 2 is 1.86 bits per heavy atom. The quantitative estimate of drug-likeness (QED) is 0.683. The molecule has 6 nitrogen and oxygen atoms in total. The summed E-state index contributed by atoms with van der Waals surface area (Å²) in [5.41, 5.74) is 1.56. The molecular weight excluding hydrogens is 272 g/mol. The van der Waals surface area contributed by atoms with Crippen LogP contribution in [0.5, 0.6) is 0 Å². The van der Waals surface area contributed by atoms with Gasteiger partial charge >= 0.3 is 12.0 Å². The number of carboxylic acid groups (broad SMARTS) is 1. The van der Waals surface area contributed by atoms with Gasteiger partial charge in [-0.15, -0.1) is 0 Å². The predicted molar refractivity (Wildman–Crippen MR) is 80.4 cm³/mol. The average molecular weight is 294 g/mol. The van der Waals surface area contributed by atoms with Crippen LogP contribution in [0.15, 0.2) is 24.3 Å². The number of hydrogen-bond donors (Lipinski definition) is 3. The van der Waals surface area contributed by atoms with Gasteiger partial charge in [-0.2, -0.15) is 0 Å². The van der Waals surface area contributed by atoms with Crippen LogP contribution in [0.3, 0.4) is 0 Å². The summed E-state index contributed by atoms with van der Waals surface area (Å²) in [6.45, 7) is 2.79. The molecule has 1 rings (SSSR count). The van der Waals surface area contributed by atoms with E-state index in [-0.39, 0.29) is 19.1 Å². The lowest BCUT2D eigenvalue weighted by Gasteiger charge is -2.21. The highest BCUT2D eigenvalue weighted by molar-refractivity contribution is 5.89. The van der Waals surface area contributed by atoms with Crippen molar-refractivity contribution in [3.8, 4) is 0 Å². The number of carboxylic acids is 1. The number of aliphatic carboxylic acids is 1. The maximum atomic E-state index is 12.0. The first-order chi connectivity index (χ1) is 10.1. The molecule has 0 atom stereocenters. The number of aryl methyl sites for hydroxylation is 1. The number of carbonyl (C=O) groups excluding carboxylic acids is 1. The van der Waals surface area contributed by atoms with E-state index in [1.807, 2.05) is 6.92 Å². The van der Waals surface area contributed by atoms with E-state index in [0.29, 0.717) is 25.2 Å². The van der Waals surface area contributed by atoms with Gasteiger partial charge < -0.3 is 20.4 Å². The minimum atomic E-state index is -0.827. The van der Waals surface area contributed by atoms with Crippen molar-refractivity contribution >= 4 is 17.7 Å². The second-order valence-corrected chi connectivity index (χ2v) is 4.73. The highest BCUT2D eigenvalue weighted by Gasteiger charge is 2.11. The van der Waals surface area contributed by atoms with Crippen molar-refractivity contribution in [2.75, 3.05) is 25.0 Å². The fourth-order valence-electron chi connectivity index (χ4n) is 1.91. The van der Waals surface area contributed by atoms with Crippen LogP contribution < -0.4 is 5.32 Å². The average Bonchev–Trinajstić information content (AvgIpc) is 2.46. The summed E-state index contributed by atoms with van der Waals surface area (Å²) >= 11 is 0. The number of carbonyl (C=O) groups is 2. The monoisotopic (exact) mass is 294 g/mol. The third-order valence-electron chi connectivity index (χ3n) is 2.98. The van der Waals surface area contributed by atoms with Crippen molar-refractivity contribution in [2.24, 2.45) is 0 Å². The van der Waals surface area contributed by atoms with E-state index in [2.05, 4.69) is 5.32 Å². The van der Waals surface area contributed by atoms with Crippen molar-refractivity contribution in [1.29, 1.82) is 0 Å². The number of amides is 2. The summed E-state index contributed by atoms with van der Waals surface area (Å²) in [7, 11) is 0. The van der Waals surface area contributed by atoms with Gasteiger partial charge in [0.2, 0.25) is 0 Å². The minimum absolute atomic E-state index is 0.0679. The summed E-state index contributed by atoms with van der Waals surface area (Å²) in [4.78, 5) is 24.1. The number of hydrogen-bond acceptors (Lipinski definition) is 3. The van der Waals surface area contributed by atoms with Gasteiger partial charge in [-0.3, -0.25) is 4.79 Å². The van der Waals surface area contributed by atoms with E-state index in [4.69, 9.17) is 10.2 Å². The molecule has 0 saturated heterocycles. The van der Waals surface area contributed by atoms with Crippen LogP contribution in [-0.4, -0.2) is 46.8 Å². The Labute approximate surface area is 124 Å². The van der Waals surface area contributed by atoms with Gasteiger partial charge in [0.1, 0.15) is 0 Å². The van der Waals surface area contributed by atoms with Gasteiger partial charge in [0, 0.05) is 25.2 Å². The molecule has 21 heavy (non-hydrogen) atoms. The highest BCUT2D eigenvalue weighted by Crippen LogP contribution is 2.12. The molecule has 0 aliphatic heterocycles. The van der Waals surface area contributed by atoms with E-state index in [9.17, 15) is 9.59 Å². The molecule has 2 amide bonds. The van der Waals surface area contributed by atoms with E-state index in [1.165, 1.54) is 0 Å². The van der Waals surface area contributed by atoms with Gasteiger partial charge in [0.05, 0.1) is 6.61 Å². The molecule has 1 aromatic carbocycles. The Hall–Kier alpha value is -2.08. The van der Waals surface area contributed by atoms with Gasteiger partial charge in [-0.05, 0) is 30.5 Å². The lowest BCUT2D eigenvalue weighted by Crippen LogP contribution is -2.37. The summed E-state index contributed by atoms with van der Waals surface area (Å²) in [5, 5.41) is 20.3. The van der Waals surface area contributed by atoms with E-state index in [1.54, 1.807) is 29.2 Å². The van der Waals surface area contributed by atoms with Crippen LogP contribution in [-0.2, 0) is 11.2 Å². The van der Waals surface area contributed by atoms with Crippen LogP contribution in [0, 0.1) is 0 Å². The Balaban J connectivity index is 2.57. The van der Waals surface area contributed by atoms with Crippen LogP contribution in [0.4, 0.5) is 10.5 Å². The largest absolute Gasteiger partial charge is 0.481 e. The van der Waals surface area contributed by atoms with Gasteiger partial charge in [-0.25, -0.2) is 4.79 Å². The van der Waals surface area contributed by atoms with E-state index < -0.39 is 5.97 Å². The number of rotatable bonds is 8. The number of benzene rings is 1. The summed E-state index contributed by atoms with van der Waals surface area (Å²) in [6.07, 6.45) is 1.38. The van der Waals surface area contributed by atoms with Crippen molar-refractivity contribution in [1.82, 2.24) is 4.90 Å². The normalized spacial score (nSPS) is 10.2. The zero-order valence-electron chi connectivity index (χ0n) is 12.2. The van der Waals surface area contributed by atoms with Crippen LogP contribution in [0.2, 0.25) is 0 Å². The fraction of sp³-hybridized carbons (Fsp3) is 0.467. The molecular formula is C15H22N2O4. The maximum Gasteiger partial charge on any atom is 0.321 e. The van der Waals surface area contributed by atoms with Crippen LogP contribution >= 0.6 is 0 Å². The number of aliphatic hydroxyl groups is 1. The number of anilines is 1. The minimum Gasteiger partial charge on any atom is -0.481 e. The molecule has 0 heterocycles. The standard InChI is InChI=1S/C15H22N2O4/c1-2-9-17(10-11-18)15(21)16-13-6-3-12(4-7-13)5-8-14(19)20/h3-4,6-7,18H,2,5,8-11H2,1H3,(H,16,21)(H,19,20). The fourth-order valence-corrected chi connectivity index (χ4v) is 1.91. The van der Waals surface area contributed by atoms with Crippen molar-refractivity contribution in [2.45, 2.75) is 26.2 Å². The van der Waals surface area contributed by atoms with E-state index >= 15 is 0 Å². The number of nitrogens with one attached hydrogen (secondary N) is 1. The van der Waals surface area contributed by atoms with Gasteiger partial charge in [0.15, 0.2) is 0 Å². The molecule has 1 aromatic rings. The summed E-state index contributed by atoms with van der Waals surface area (Å²) in [6, 6.07) is 6.85. The molecule has 0 spiro atoms. The molecule has 0 saturated carbocycles. The molecule has 0 fully saturated rings. The Morgan fingerprint density at radius 3 is 2.38 bits per heavy atom. The Morgan fingerprint density at radius 1 is 1.19 bits per heavy atom.